The Labute approximate surface area is 140 Å². The molecule has 1 fully saturated rings. The summed E-state index contributed by atoms with van der Waals surface area (Å²) in [6, 6.07) is 9.66. The highest BCUT2D eigenvalue weighted by molar-refractivity contribution is 7.90. The van der Waals surface area contributed by atoms with Gasteiger partial charge in [0.1, 0.15) is 0 Å². The average Bonchev–Trinajstić information content (AvgIpc) is 3.25. The van der Waals surface area contributed by atoms with Crippen molar-refractivity contribution < 1.29 is 22.4 Å². The molecule has 1 aromatic heterocycles. The molecule has 1 saturated heterocycles. The van der Waals surface area contributed by atoms with Gasteiger partial charge in [-0.2, -0.15) is 0 Å². The Hall–Kier alpha value is -2.12. The third-order valence-corrected chi connectivity index (χ3v) is 5.60. The molecule has 1 amide bonds. The number of rotatable bonds is 6. The number of ether oxygens (including phenoxy) is 1. The Morgan fingerprint density at radius 1 is 1.21 bits per heavy atom. The van der Waals surface area contributed by atoms with Gasteiger partial charge in [0, 0.05) is 18.7 Å². The molecule has 1 aliphatic heterocycles. The fourth-order valence-corrected chi connectivity index (χ4v) is 4.03. The Morgan fingerprint density at radius 2 is 2.00 bits per heavy atom. The molecule has 128 valence electrons. The molecule has 1 aliphatic rings. The minimum absolute atomic E-state index is 0.0143. The minimum Gasteiger partial charge on any atom is -0.459 e. The van der Waals surface area contributed by atoms with Crippen molar-refractivity contribution in [3.05, 3.63) is 54.0 Å². The summed E-state index contributed by atoms with van der Waals surface area (Å²) in [5.74, 6) is -0.669. The standard InChI is InChI=1S/C17H19NO5S/c19-17(18-11-14-5-4-9-22-14)16-13(8-10-23-16)12-24(20,21)15-6-2-1-3-7-15/h1-3,6-8,10,14H,4-5,9,11-12H2,(H,18,19). The van der Waals surface area contributed by atoms with E-state index in [2.05, 4.69) is 5.32 Å². The molecule has 0 aliphatic carbocycles. The molecule has 6 nitrogen and oxygen atoms in total. The Morgan fingerprint density at radius 3 is 2.71 bits per heavy atom. The van der Waals surface area contributed by atoms with Crippen LogP contribution in [0.1, 0.15) is 29.0 Å². The summed E-state index contributed by atoms with van der Waals surface area (Å²) in [6.07, 6.45) is 3.24. The van der Waals surface area contributed by atoms with Crippen LogP contribution in [0, 0.1) is 0 Å². The van der Waals surface area contributed by atoms with E-state index in [0.29, 0.717) is 18.7 Å². The lowest BCUT2D eigenvalue weighted by molar-refractivity contribution is 0.0834. The van der Waals surface area contributed by atoms with E-state index in [1.165, 1.54) is 24.5 Å². The quantitative estimate of drug-likeness (QED) is 0.864. The van der Waals surface area contributed by atoms with Crippen molar-refractivity contribution in [1.82, 2.24) is 5.32 Å². The Bertz CT molecular complexity index is 791. The summed E-state index contributed by atoms with van der Waals surface area (Å²) in [5.41, 5.74) is 0.351. The number of benzene rings is 1. The molecule has 24 heavy (non-hydrogen) atoms. The minimum atomic E-state index is -3.53. The van der Waals surface area contributed by atoms with Crippen LogP contribution in [0.3, 0.4) is 0 Å². The van der Waals surface area contributed by atoms with Gasteiger partial charge in [0.15, 0.2) is 15.6 Å². The highest BCUT2D eigenvalue weighted by Crippen LogP contribution is 2.20. The van der Waals surface area contributed by atoms with Crippen molar-refractivity contribution >= 4 is 15.7 Å². The molecule has 1 atom stereocenters. The molecule has 1 unspecified atom stereocenters. The van der Waals surface area contributed by atoms with E-state index in [4.69, 9.17) is 9.15 Å². The molecule has 0 radical (unpaired) electrons. The van der Waals surface area contributed by atoms with E-state index < -0.39 is 15.7 Å². The van der Waals surface area contributed by atoms with Gasteiger partial charge in [-0.05, 0) is 31.0 Å². The van der Waals surface area contributed by atoms with Gasteiger partial charge in [-0.3, -0.25) is 4.79 Å². The van der Waals surface area contributed by atoms with Crippen LogP contribution < -0.4 is 5.32 Å². The van der Waals surface area contributed by atoms with E-state index >= 15 is 0 Å². The Kier molecular flexibility index (Phi) is 5.01. The molecule has 1 aromatic carbocycles. The van der Waals surface area contributed by atoms with Crippen LogP contribution in [0.25, 0.3) is 0 Å². The summed E-state index contributed by atoms with van der Waals surface area (Å²) >= 11 is 0. The lowest BCUT2D eigenvalue weighted by atomic mass is 10.2. The normalized spacial score (nSPS) is 17.8. The lowest BCUT2D eigenvalue weighted by Crippen LogP contribution is -2.32. The van der Waals surface area contributed by atoms with Crippen LogP contribution in [-0.4, -0.2) is 33.6 Å². The molecule has 0 bridgehead atoms. The molecule has 0 spiro atoms. The van der Waals surface area contributed by atoms with E-state index in [9.17, 15) is 13.2 Å². The predicted molar refractivity (Wildman–Crippen MR) is 87.3 cm³/mol. The maximum atomic E-state index is 12.4. The average molecular weight is 349 g/mol. The van der Waals surface area contributed by atoms with Crippen LogP contribution >= 0.6 is 0 Å². The number of nitrogens with one attached hydrogen (secondary N) is 1. The van der Waals surface area contributed by atoms with Gasteiger partial charge in [0.05, 0.1) is 23.0 Å². The predicted octanol–water partition coefficient (Wildman–Crippen LogP) is 2.16. The molecule has 1 N–H and O–H groups in total. The number of hydrogen-bond donors (Lipinski definition) is 1. The fraction of sp³-hybridized carbons (Fsp3) is 0.353. The third kappa shape index (κ3) is 3.85. The maximum absolute atomic E-state index is 12.4. The lowest BCUT2D eigenvalue weighted by Gasteiger charge is -2.10. The second kappa shape index (κ2) is 7.19. The molecular formula is C17H19NO5S. The van der Waals surface area contributed by atoms with Crippen LogP contribution in [0.2, 0.25) is 0 Å². The number of hydrogen-bond acceptors (Lipinski definition) is 5. The van der Waals surface area contributed by atoms with Gasteiger partial charge in [-0.15, -0.1) is 0 Å². The summed E-state index contributed by atoms with van der Waals surface area (Å²) < 4.78 is 35.6. The highest BCUT2D eigenvalue weighted by atomic mass is 32.2. The van der Waals surface area contributed by atoms with Crippen LogP contribution in [0.4, 0.5) is 0 Å². The topological polar surface area (TPSA) is 85.6 Å². The number of carbonyl (C=O) groups excluding carboxylic acids is 1. The van der Waals surface area contributed by atoms with E-state index in [1.54, 1.807) is 18.2 Å². The smallest absolute Gasteiger partial charge is 0.287 e. The third-order valence-electron chi connectivity index (χ3n) is 3.92. The van der Waals surface area contributed by atoms with Crippen molar-refractivity contribution in [2.75, 3.05) is 13.2 Å². The van der Waals surface area contributed by atoms with Gasteiger partial charge >= 0.3 is 0 Å². The van der Waals surface area contributed by atoms with Crippen molar-refractivity contribution in [2.45, 2.75) is 29.6 Å². The second-order valence-electron chi connectivity index (χ2n) is 5.69. The first kappa shape index (κ1) is 16.7. The first-order chi connectivity index (χ1) is 11.6. The van der Waals surface area contributed by atoms with Crippen molar-refractivity contribution in [3.8, 4) is 0 Å². The largest absolute Gasteiger partial charge is 0.459 e. The molecule has 3 rings (SSSR count). The molecule has 0 saturated carbocycles. The van der Waals surface area contributed by atoms with Crippen molar-refractivity contribution in [3.63, 3.8) is 0 Å². The zero-order chi connectivity index (χ0) is 17.0. The van der Waals surface area contributed by atoms with E-state index in [0.717, 1.165) is 12.8 Å². The van der Waals surface area contributed by atoms with Gasteiger partial charge < -0.3 is 14.5 Å². The Balaban J connectivity index is 1.69. The van der Waals surface area contributed by atoms with Crippen LogP contribution in [0.15, 0.2) is 52.0 Å². The number of sulfone groups is 1. The number of carbonyl (C=O) groups is 1. The second-order valence-corrected chi connectivity index (χ2v) is 7.68. The zero-order valence-electron chi connectivity index (χ0n) is 13.1. The molecular weight excluding hydrogens is 330 g/mol. The SMILES string of the molecule is O=C(NCC1CCCO1)c1occc1CS(=O)(=O)c1ccccc1. The van der Waals surface area contributed by atoms with Crippen LogP contribution in [-0.2, 0) is 20.3 Å². The van der Waals surface area contributed by atoms with E-state index in [-0.39, 0.29) is 22.5 Å². The summed E-state index contributed by atoms with van der Waals surface area (Å²) in [7, 11) is -3.53. The molecule has 2 aromatic rings. The van der Waals surface area contributed by atoms with Crippen LogP contribution in [0.5, 0.6) is 0 Å². The number of furan rings is 1. The van der Waals surface area contributed by atoms with Crippen molar-refractivity contribution in [1.29, 1.82) is 0 Å². The van der Waals surface area contributed by atoms with E-state index in [1.807, 2.05) is 0 Å². The summed E-state index contributed by atoms with van der Waals surface area (Å²) in [4.78, 5) is 12.5. The zero-order valence-corrected chi connectivity index (χ0v) is 13.9. The van der Waals surface area contributed by atoms with Gasteiger partial charge in [0.2, 0.25) is 0 Å². The van der Waals surface area contributed by atoms with Crippen molar-refractivity contribution in [2.24, 2.45) is 0 Å². The first-order valence-corrected chi connectivity index (χ1v) is 9.45. The van der Waals surface area contributed by atoms with Gasteiger partial charge in [-0.1, -0.05) is 18.2 Å². The van der Waals surface area contributed by atoms with Gasteiger partial charge in [-0.25, -0.2) is 8.42 Å². The monoisotopic (exact) mass is 349 g/mol. The highest BCUT2D eigenvalue weighted by Gasteiger charge is 2.23. The number of amides is 1. The molecule has 2 heterocycles. The summed E-state index contributed by atoms with van der Waals surface area (Å²) in [5, 5.41) is 2.74. The van der Waals surface area contributed by atoms with Gasteiger partial charge in [0.25, 0.3) is 5.91 Å². The summed E-state index contributed by atoms with van der Waals surface area (Å²) in [6.45, 7) is 1.10. The molecule has 7 heteroatoms. The fourth-order valence-electron chi connectivity index (χ4n) is 2.66. The maximum Gasteiger partial charge on any atom is 0.287 e. The first-order valence-electron chi connectivity index (χ1n) is 7.80.